The Bertz CT molecular complexity index is 868. The number of carbonyl (C=O) groups is 2. The monoisotopic (exact) mass is 406 g/mol. The van der Waals surface area contributed by atoms with Crippen LogP contribution in [-0.2, 0) is 11.0 Å². The molecule has 1 N–H and O–H groups in total. The van der Waals surface area contributed by atoms with E-state index in [9.17, 15) is 22.8 Å². The Morgan fingerprint density at radius 1 is 1.17 bits per heavy atom. The van der Waals surface area contributed by atoms with Crippen molar-refractivity contribution in [2.24, 2.45) is 5.92 Å². The summed E-state index contributed by atoms with van der Waals surface area (Å²) in [6.07, 6.45) is 1.55. The van der Waals surface area contributed by atoms with Crippen LogP contribution in [0.2, 0.25) is 0 Å². The number of hydrogen-bond donors (Lipinski definition) is 1. The highest BCUT2D eigenvalue weighted by atomic mass is 19.4. The van der Waals surface area contributed by atoms with E-state index in [0.29, 0.717) is 38.2 Å². The van der Waals surface area contributed by atoms with Crippen LogP contribution in [0, 0.1) is 5.92 Å². The molecule has 1 aliphatic rings. The number of hydrogen-bond acceptors (Lipinski definition) is 3. The molecular formula is C21H21F3N2O3. The van der Waals surface area contributed by atoms with E-state index in [0.717, 1.165) is 12.1 Å². The second kappa shape index (κ2) is 8.98. The van der Waals surface area contributed by atoms with E-state index < -0.39 is 17.6 Å². The Morgan fingerprint density at radius 2 is 1.93 bits per heavy atom. The summed E-state index contributed by atoms with van der Waals surface area (Å²) in [6, 6.07) is 7.85. The standard InChI is InChI=1S/C21H21F3N2O3/c22-21(23,24)17-4-1-3-16(13-17)20(28)25-14-15-8-10-26(11-9-15)19(27)7-6-18-5-2-12-29-18/h1-7,12-13,15H,8-11,14H2,(H,25,28)/b7-6+. The van der Waals surface area contributed by atoms with Gasteiger partial charge in [0, 0.05) is 31.3 Å². The predicted octanol–water partition coefficient (Wildman–Crippen LogP) is 3.98. The largest absolute Gasteiger partial charge is 0.465 e. The fraction of sp³-hybridized carbons (Fsp3) is 0.333. The van der Waals surface area contributed by atoms with Crippen LogP contribution in [0.1, 0.15) is 34.5 Å². The van der Waals surface area contributed by atoms with E-state index in [1.165, 1.54) is 24.5 Å². The Labute approximate surface area is 166 Å². The lowest BCUT2D eigenvalue weighted by Crippen LogP contribution is -2.41. The maximum absolute atomic E-state index is 12.8. The van der Waals surface area contributed by atoms with Crippen molar-refractivity contribution in [1.29, 1.82) is 0 Å². The lowest BCUT2D eigenvalue weighted by molar-refractivity contribution is -0.137. The minimum absolute atomic E-state index is 0.0181. The first kappa shape index (κ1) is 20.7. The van der Waals surface area contributed by atoms with E-state index in [1.807, 2.05) is 0 Å². The third-order valence-corrected chi connectivity index (χ3v) is 4.86. The summed E-state index contributed by atoms with van der Waals surface area (Å²) < 4.78 is 43.5. The molecule has 1 fully saturated rings. The van der Waals surface area contributed by atoms with Crippen LogP contribution in [0.15, 0.2) is 53.2 Å². The molecule has 0 bridgehead atoms. The second-order valence-electron chi connectivity index (χ2n) is 6.91. The van der Waals surface area contributed by atoms with Crippen molar-refractivity contribution >= 4 is 17.9 Å². The van der Waals surface area contributed by atoms with Gasteiger partial charge < -0.3 is 14.6 Å². The van der Waals surface area contributed by atoms with E-state index in [2.05, 4.69) is 5.32 Å². The highest BCUT2D eigenvalue weighted by Gasteiger charge is 2.31. The maximum Gasteiger partial charge on any atom is 0.416 e. The van der Waals surface area contributed by atoms with Gasteiger partial charge in [0.05, 0.1) is 11.8 Å². The van der Waals surface area contributed by atoms with E-state index >= 15 is 0 Å². The van der Waals surface area contributed by atoms with E-state index in [-0.39, 0.29) is 17.4 Å². The zero-order chi connectivity index (χ0) is 20.9. The van der Waals surface area contributed by atoms with Gasteiger partial charge in [-0.2, -0.15) is 13.2 Å². The number of piperidine rings is 1. The quantitative estimate of drug-likeness (QED) is 0.764. The number of amides is 2. The number of nitrogens with zero attached hydrogens (tertiary/aromatic N) is 1. The summed E-state index contributed by atoms with van der Waals surface area (Å²) in [5.41, 5.74) is -0.866. The molecule has 8 heteroatoms. The molecule has 1 aromatic carbocycles. The maximum atomic E-state index is 12.8. The first-order valence-corrected chi connectivity index (χ1v) is 9.29. The van der Waals surface area contributed by atoms with Crippen molar-refractivity contribution in [3.63, 3.8) is 0 Å². The summed E-state index contributed by atoms with van der Waals surface area (Å²) >= 11 is 0. The average Bonchev–Trinajstić information content (AvgIpc) is 3.24. The Hall–Kier alpha value is -3.03. The number of carbonyl (C=O) groups excluding carboxylic acids is 2. The molecule has 0 saturated carbocycles. The molecule has 0 aliphatic carbocycles. The predicted molar refractivity (Wildman–Crippen MR) is 101 cm³/mol. The van der Waals surface area contributed by atoms with Gasteiger partial charge in [0.2, 0.25) is 5.91 Å². The molecule has 5 nitrogen and oxygen atoms in total. The van der Waals surface area contributed by atoms with Crippen molar-refractivity contribution in [2.75, 3.05) is 19.6 Å². The van der Waals surface area contributed by atoms with Crippen molar-refractivity contribution in [1.82, 2.24) is 10.2 Å². The summed E-state index contributed by atoms with van der Waals surface area (Å²) in [4.78, 5) is 26.1. The molecule has 0 radical (unpaired) electrons. The van der Waals surface area contributed by atoms with Crippen LogP contribution in [0.4, 0.5) is 13.2 Å². The van der Waals surface area contributed by atoms with Crippen molar-refractivity contribution in [3.8, 4) is 0 Å². The molecule has 1 saturated heterocycles. The lowest BCUT2D eigenvalue weighted by atomic mass is 9.96. The zero-order valence-electron chi connectivity index (χ0n) is 15.6. The van der Waals surface area contributed by atoms with Crippen LogP contribution < -0.4 is 5.32 Å². The second-order valence-corrected chi connectivity index (χ2v) is 6.91. The SMILES string of the molecule is O=C(NCC1CCN(C(=O)/C=C/c2ccco2)CC1)c1cccc(C(F)(F)F)c1. The normalized spacial score (nSPS) is 15.6. The summed E-state index contributed by atoms with van der Waals surface area (Å²) in [6.45, 7) is 1.48. The molecule has 2 aromatic rings. The molecule has 0 unspecified atom stereocenters. The van der Waals surface area contributed by atoms with Crippen LogP contribution in [-0.4, -0.2) is 36.3 Å². The van der Waals surface area contributed by atoms with Gasteiger partial charge in [0.15, 0.2) is 0 Å². The van der Waals surface area contributed by atoms with Crippen LogP contribution in [0.25, 0.3) is 6.08 Å². The van der Waals surface area contributed by atoms with Crippen molar-refractivity contribution < 1.29 is 27.2 Å². The number of benzene rings is 1. The molecule has 154 valence electrons. The molecule has 29 heavy (non-hydrogen) atoms. The Balaban J connectivity index is 1.45. The average molecular weight is 406 g/mol. The summed E-state index contributed by atoms with van der Waals surface area (Å²) in [5.74, 6) is 0.136. The summed E-state index contributed by atoms with van der Waals surface area (Å²) in [5, 5.41) is 2.70. The first-order chi connectivity index (χ1) is 13.8. The molecule has 0 spiro atoms. The molecule has 3 rings (SSSR count). The van der Waals surface area contributed by atoms with Crippen LogP contribution in [0.5, 0.6) is 0 Å². The van der Waals surface area contributed by atoms with Gasteiger partial charge in [-0.15, -0.1) is 0 Å². The number of nitrogens with one attached hydrogen (secondary N) is 1. The molecule has 2 amide bonds. The van der Waals surface area contributed by atoms with Gasteiger partial charge >= 0.3 is 6.18 Å². The lowest BCUT2D eigenvalue weighted by Gasteiger charge is -2.31. The van der Waals surface area contributed by atoms with Gasteiger partial charge in [0.1, 0.15) is 5.76 Å². The number of halogens is 3. The molecule has 0 atom stereocenters. The minimum Gasteiger partial charge on any atom is -0.465 e. The third-order valence-electron chi connectivity index (χ3n) is 4.86. The van der Waals surface area contributed by atoms with Crippen LogP contribution >= 0.6 is 0 Å². The van der Waals surface area contributed by atoms with Crippen molar-refractivity contribution in [2.45, 2.75) is 19.0 Å². The van der Waals surface area contributed by atoms with E-state index in [1.54, 1.807) is 23.1 Å². The Morgan fingerprint density at radius 3 is 2.59 bits per heavy atom. The van der Waals surface area contributed by atoms with Crippen LogP contribution in [0.3, 0.4) is 0 Å². The fourth-order valence-electron chi connectivity index (χ4n) is 3.18. The minimum atomic E-state index is -4.49. The topological polar surface area (TPSA) is 62.6 Å². The number of alkyl halides is 3. The number of rotatable bonds is 5. The molecule has 1 aromatic heterocycles. The highest BCUT2D eigenvalue weighted by molar-refractivity contribution is 5.94. The first-order valence-electron chi connectivity index (χ1n) is 9.29. The van der Waals surface area contributed by atoms with Gasteiger partial charge in [-0.25, -0.2) is 0 Å². The Kier molecular flexibility index (Phi) is 6.41. The smallest absolute Gasteiger partial charge is 0.416 e. The van der Waals surface area contributed by atoms with Gasteiger partial charge in [-0.05, 0) is 55.2 Å². The molecule has 1 aliphatic heterocycles. The summed E-state index contributed by atoms with van der Waals surface area (Å²) in [7, 11) is 0. The van der Waals surface area contributed by atoms with Gasteiger partial charge in [-0.3, -0.25) is 9.59 Å². The zero-order valence-corrected chi connectivity index (χ0v) is 15.6. The number of likely N-dealkylation sites (tertiary alicyclic amines) is 1. The number of furan rings is 1. The molecular weight excluding hydrogens is 385 g/mol. The third kappa shape index (κ3) is 5.73. The fourth-order valence-corrected chi connectivity index (χ4v) is 3.18. The van der Waals surface area contributed by atoms with Crippen molar-refractivity contribution in [3.05, 3.63) is 65.6 Å². The highest BCUT2D eigenvalue weighted by Crippen LogP contribution is 2.29. The van der Waals surface area contributed by atoms with Gasteiger partial charge in [-0.1, -0.05) is 6.07 Å². The molecule has 2 heterocycles. The van der Waals surface area contributed by atoms with E-state index in [4.69, 9.17) is 4.42 Å². The van der Waals surface area contributed by atoms with Gasteiger partial charge in [0.25, 0.3) is 5.91 Å².